The van der Waals surface area contributed by atoms with Gasteiger partial charge in [-0.2, -0.15) is 0 Å². The quantitative estimate of drug-likeness (QED) is 0.686. The Morgan fingerprint density at radius 3 is 2.69 bits per heavy atom. The highest BCUT2D eigenvalue weighted by Crippen LogP contribution is 2.19. The van der Waals surface area contributed by atoms with E-state index in [1.165, 1.54) is 5.69 Å². The maximum atomic E-state index is 5.32. The van der Waals surface area contributed by atoms with Crippen molar-refractivity contribution in [1.29, 1.82) is 0 Å². The van der Waals surface area contributed by atoms with Gasteiger partial charge in [0.05, 0.1) is 18.8 Å². The van der Waals surface area contributed by atoms with Crippen LogP contribution in [-0.4, -0.2) is 39.0 Å². The lowest BCUT2D eigenvalue weighted by Gasteiger charge is -2.26. The molecule has 2 rings (SSSR count). The first-order chi connectivity index (χ1) is 7.79. The van der Waals surface area contributed by atoms with Gasteiger partial charge in [-0.25, -0.2) is 0 Å². The fourth-order valence-corrected chi connectivity index (χ4v) is 1.73. The molecule has 1 aliphatic heterocycles. The average molecular weight is 221 g/mol. The van der Waals surface area contributed by atoms with Crippen molar-refractivity contribution in [3.8, 4) is 0 Å². The zero-order valence-corrected chi connectivity index (χ0v) is 9.93. The monoisotopic (exact) mass is 221 g/mol. The summed E-state index contributed by atoms with van der Waals surface area (Å²) in [7, 11) is 1.75. The highest BCUT2D eigenvalue weighted by molar-refractivity contribution is 5.46. The molecule has 2 unspecified atom stereocenters. The van der Waals surface area contributed by atoms with Gasteiger partial charge in [-0.05, 0) is 19.1 Å². The summed E-state index contributed by atoms with van der Waals surface area (Å²) in [6.07, 6.45) is 0.642. The normalized spacial score (nSPS) is 20.5. The lowest BCUT2D eigenvalue weighted by atomic mass is 10.2. The van der Waals surface area contributed by atoms with Crippen LogP contribution in [0.3, 0.4) is 0 Å². The number of nitrogens with zero attached hydrogens (tertiary/aromatic N) is 1. The van der Waals surface area contributed by atoms with E-state index in [0.717, 1.165) is 19.7 Å². The van der Waals surface area contributed by atoms with Crippen molar-refractivity contribution in [2.75, 3.05) is 31.7 Å². The van der Waals surface area contributed by atoms with Gasteiger partial charge in [0.25, 0.3) is 0 Å². The van der Waals surface area contributed by atoms with Crippen molar-refractivity contribution in [2.24, 2.45) is 0 Å². The molecule has 2 atom stereocenters. The number of anilines is 1. The van der Waals surface area contributed by atoms with E-state index in [9.17, 15) is 0 Å². The Labute approximate surface area is 97.0 Å². The fourth-order valence-electron chi connectivity index (χ4n) is 1.73. The summed E-state index contributed by atoms with van der Waals surface area (Å²) in [5, 5.41) is 0. The predicted octanol–water partition coefficient (Wildman–Crippen LogP) is 1.93. The molecule has 16 heavy (non-hydrogen) atoms. The number of epoxide rings is 1. The van der Waals surface area contributed by atoms with Gasteiger partial charge in [0.1, 0.15) is 0 Å². The largest absolute Gasteiger partial charge is 0.380 e. The molecule has 0 amide bonds. The molecule has 0 spiro atoms. The third-order valence-corrected chi connectivity index (χ3v) is 2.83. The van der Waals surface area contributed by atoms with Crippen molar-refractivity contribution in [1.82, 2.24) is 0 Å². The number of ether oxygens (including phenoxy) is 2. The molecule has 3 nitrogen and oxygen atoms in total. The number of para-hydroxylation sites is 1. The second kappa shape index (κ2) is 5.32. The Balaban J connectivity index is 2.01. The molecule has 1 fully saturated rings. The van der Waals surface area contributed by atoms with Gasteiger partial charge in [0, 0.05) is 25.9 Å². The van der Waals surface area contributed by atoms with E-state index in [-0.39, 0.29) is 6.10 Å². The molecule has 1 aromatic carbocycles. The third-order valence-electron chi connectivity index (χ3n) is 2.83. The number of hydrogen-bond donors (Lipinski definition) is 0. The first-order valence-electron chi connectivity index (χ1n) is 5.74. The summed E-state index contributed by atoms with van der Waals surface area (Å²) >= 11 is 0. The second-order valence-corrected chi connectivity index (χ2v) is 4.24. The molecular formula is C13H19NO2. The van der Waals surface area contributed by atoms with Crippen LogP contribution in [0.15, 0.2) is 30.3 Å². The smallest absolute Gasteiger partial charge is 0.0984 e. The molecule has 1 saturated heterocycles. The lowest BCUT2D eigenvalue weighted by Crippen LogP contribution is -2.34. The first kappa shape index (κ1) is 11.4. The standard InChI is InChI=1S/C13H19NO2/c1-11(15-2)8-14(9-13-10-16-13)12-6-4-3-5-7-12/h3-7,11,13H,8-10H2,1-2H3. The highest BCUT2D eigenvalue weighted by atomic mass is 16.6. The van der Waals surface area contributed by atoms with E-state index in [2.05, 4.69) is 36.1 Å². The number of benzene rings is 1. The van der Waals surface area contributed by atoms with Gasteiger partial charge in [0.15, 0.2) is 0 Å². The minimum absolute atomic E-state index is 0.235. The van der Waals surface area contributed by atoms with Gasteiger partial charge in [-0.3, -0.25) is 0 Å². The van der Waals surface area contributed by atoms with Gasteiger partial charge >= 0.3 is 0 Å². The molecule has 0 aliphatic carbocycles. The Kier molecular flexibility index (Phi) is 3.80. The summed E-state index contributed by atoms with van der Waals surface area (Å²) < 4.78 is 10.6. The van der Waals surface area contributed by atoms with Gasteiger partial charge in [-0.1, -0.05) is 18.2 Å². The molecule has 0 N–H and O–H groups in total. The van der Waals surface area contributed by atoms with Crippen molar-refractivity contribution < 1.29 is 9.47 Å². The number of hydrogen-bond acceptors (Lipinski definition) is 3. The van der Waals surface area contributed by atoms with Crippen molar-refractivity contribution in [3.05, 3.63) is 30.3 Å². The van der Waals surface area contributed by atoms with Gasteiger partial charge < -0.3 is 14.4 Å². The Bertz CT molecular complexity index is 311. The van der Waals surface area contributed by atoms with Gasteiger partial charge in [0.2, 0.25) is 0 Å². The molecule has 0 aromatic heterocycles. The fraction of sp³-hybridized carbons (Fsp3) is 0.538. The molecule has 88 valence electrons. The second-order valence-electron chi connectivity index (χ2n) is 4.24. The zero-order chi connectivity index (χ0) is 11.4. The van der Waals surface area contributed by atoms with Crippen molar-refractivity contribution in [3.63, 3.8) is 0 Å². The molecule has 0 radical (unpaired) electrons. The summed E-state index contributed by atoms with van der Waals surface area (Å²) in [6, 6.07) is 10.4. The molecule has 1 aliphatic rings. The molecule has 0 saturated carbocycles. The van der Waals surface area contributed by atoms with Crippen LogP contribution < -0.4 is 4.90 Å². The number of rotatable bonds is 6. The highest BCUT2D eigenvalue weighted by Gasteiger charge is 2.26. The lowest BCUT2D eigenvalue weighted by molar-refractivity contribution is 0.123. The van der Waals surface area contributed by atoms with Crippen LogP contribution in [0.1, 0.15) is 6.92 Å². The van der Waals surface area contributed by atoms with Crippen LogP contribution in [-0.2, 0) is 9.47 Å². The maximum Gasteiger partial charge on any atom is 0.0984 e. The third kappa shape index (κ3) is 3.22. The Hall–Kier alpha value is -1.06. The van der Waals surface area contributed by atoms with E-state index >= 15 is 0 Å². The van der Waals surface area contributed by atoms with E-state index < -0.39 is 0 Å². The van der Waals surface area contributed by atoms with Crippen LogP contribution in [0.4, 0.5) is 5.69 Å². The minimum Gasteiger partial charge on any atom is -0.380 e. The zero-order valence-electron chi connectivity index (χ0n) is 9.93. The average Bonchev–Trinajstić information content (AvgIpc) is 3.13. The van der Waals surface area contributed by atoms with Crippen LogP contribution in [0.25, 0.3) is 0 Å². The topological polar surface area (TPSA) is 25.0 Å². The minimum atomic E-state index is 0.235. The first-order valence-corrected chi connectivity index (χ1v) is 5.74. The van der Waals surface area contributed by atoms with Crippen LogP contribution >= 0.6 is 0 Å². The van der Waals surface area contributed by atoms with E-state index in [0.29, 0.717) is 6.10 Å². The van der Waals surface area contributed by atoms with Crippen LogP contribution in [0.2, 0.25) is 0 Å². The SMILES string of the molecule is COC(C)CN(CC1CO1)c1ccccc1. The maximum absolute atomic E-state index is 5.32. The van der Waals surface area contributed by atoms with Crippen molar-refractivity contribution >= 4 is 5.69 Å². The summed E-state index contributed by atoms with van der Waals surface area (Å²) in [4.78, 5) is 2.33. The molecular weight excluding hydrogens is 202 g/mol. The summed E-state index contributed by atoms with van der Waals surface area (Å²) in [6.45, 7) is 4.84. The number of methoxy groups -OCH3 is 1. The van der Waals surface area contributed by atoms with Crippen molar-refractivity contribution in [2.45, 2.75) is 19.1 Å². The predicted molar refractivity (Wildman–Crippen MR) is 64.9 cm³/mol. The van der Waals surface area contributed by atoms with E-state index in [4.69, 9.17) is 9.47 Å². The summed E-state index contributed by atoms with van der Waals surface area (Å²) in [5.41, 5.74) is 1.24. The van der Waals surface area contributed by atoms with E-state index in [1.54, 1.807) is 7.11 Å². The Morgan fingerprint density at radius 1 is 1.44 bits per heavy atom. The molecule has 0 bridgehead atoms. The van der Waals surface area contributed by atoms with Crippen LogP contribution in [0, 0.1) is 0 Å². The molecule has 1 aromatic rings. The Morgan fingerprint density at radius 2 is 2.12 bits per heavy atom. The van der Waals surface area contributed by atoms with Gasteiger partial charge in [-0.15, -0.1) is 0 Å². The van der Waals surface area contributed by atoms with E-state index in [1.807, 2.05) is 6.07 Å². The summed E-state index contributed by atoms with van der Waals surface area (Å²) in [5.74, 6) is 0. The molecule has 3 heteroatoms. The molecule has 1 heterocycles. The van der Waals surface area contributed by atoms with Crippen LogP contribution in [0.5, 0.6) is 0 Å².